The molecule has 2 rings (SSSR count). The second-order valence-electron chi connectivity index (χ2n) is 3.89. The number of halogens is 1. The quantitative estimate of drug-likeness (QED) is 0.882. The van der Waals surface area contributed by atoms with E-state index in [1.165, 1.54) is 12.1 Å². The lowest BCUT2D eigenvalue weighted by Gasteiger charge is -1.97. The van der Waals surface area contributed by atoms with Gasteiger partial charge in [0.25, 0.3) is 0 Å². The van der Waals surface area contributed by atoms with Gasteiger partial charge in [-0.25, -0.2) is 9.37 Å². The van der Waals surface area contributed by atoms with Crippen LogP contribution in [0.1, 0.15) is 16.3 Å². The first-order valence-electron chi connectivity index (χ1n) is 5.60. The normalized spacial score (nSPS) is 10.7. The van der Waals surface area contributed by atoms with Crippen LogP contribution in [0.3, 0.4) is 0 Å². The number of benzene rings is 1. The molecule has 0 atom stereocenters. The molecule has 2 aromatic rings. The van der Waals surface area contributed by atoms with E-state index in [4.69, 9.17) is 0 Å². The highest BCUT2D eigenvalue weighted by atomic mass is 32.1. The molecular formula is C13H15FN2S. The van der Waals surface area contributed by atoms with E-state index in [1.807, 2.05) is 19.2 Å². The fourth-order valence-corrected chi connectivity index (χ4v) is 2.44. The number of likely N-dealkylation sites (N-methyl/N-ethyl adjacent to an activating group) is 1. The van der Waals surface area contributed by atoms with Gasteiger partial charge in [-0.1, -0.05) is 12.1 Å². The van der Waals surface area contributed by atoms with E-state index in [9.17, 15) is 4.39 Å². The molecule has 90 valence electrons. The van der Waals surface area contributed by atoms with Gasteiger partial charge in [0.05, 0.1) is 10.7 Å². The van der Waals surface area contributed by atoms with Gasteiger partial charge >= 0.3 is 0 Å². The zero-order chi connectivity index (χ0) is 12.1. The highest BCUT2D eigenvalue weighted by Crippen LogP contribution is 2.15. The Morgan fingerprint density at radius 1 is 1.29 bits per heavy atom. The lowest BCUT2D eigenvalue weighted by Crippen LogP contribution is -2.10. The number of aromatic nitrogens is 1. The van der Waals surface area contributed by atoms with Crippen LogP contribution in [0.4, 0.5) is 4.39 Å². The van der Waals surface area contributed by atoms with Gasteiger partial charge in [0.1, 0.15) is 5.82 Å². The number of nitrogens with zero attached hydrogens (tertiary/aromatic N) is 1. The molecule has 0 radical (unpaired) electrons. The Balaban J connectivity index is 1.98. The molecule has 4 heteroatoms. The molecule has 0 spiro atoms. The Morgan fingerprint density at radius 3 is 2.76 bits per heavy atom. The van der Waals surface area contributed by atoms with Crippen molar-refractivity contribution in [1.82, 2.24) is 10.3 Å². The molecule has 1 heterocycles. The third kappa shape index (κ3) is 3.61. The molecule has 0 unspecified atom stereocenters. The number of thiazole rings is 1. The summed E-state index contributed by atoms with van der Waals surface area (Å²) in [5.41, 5.74) is 2.22. The van der Waals surface area contributed by atoms with Crippen molar-refractivity contribution in [3.05, 3.63) is 51.7 Å². The SMILES string of the molecule is CNCCc1csc(Cc2ccc(F)cc2)n1. The zero-order valence-electron chi connectivity index (χ0n) is 9.74. The van der Waals surface area contributed by atoms with Crippen LogP contribution in [0.5, 0.6) is 0 Å². The Bertz CT molecular complexity index is 465. The van der Waals surface area contributed by atoms with Crippen molar-refractivity contribution in [2.24, 2.45) is 0 Å². The molecule has 0 bridgehead atoms. The summed E-state index contributed by atoms with van der Waals surface area (Å²) in [6.45, 7) is 0.944. The van der Waals surface area contributed by atoms with E-state index >= 15 is 0 Å². The first kappa shape index (κ1) is 12.2. The van der Waals surface area contributed by atoms with Crippen molar-refractivity contribution in [3.63, 3.8) is 0 Å². The molecule has 1 aromatic heterocycles. The minimum atomic E-state index is -0.192. The largest absolute Gasteiger partial charge is 0.319 e. The van der Waals surface area contributed by atoms with Crippen molar-refractivity contribution >= 4 is 11.3 Å². The molecule has 0 aliphatic rings. The first-order chi connectivity index (χ1) is 8.28. The number of rotatable bonds is 5. The Hall–Kier alpha value is -1.26. The fraction of sp³-hybridized carbons (Fsp3) is 0.308. The number of nitrogens with one attached hydrogen (secondary N) is 1. The lowest BCUT2D eigenvalue weighted by molar-refractivity contribution is 0.627. The van der Waals surface area contributed by atoms with E-state index in [-0.39, 0.29) is 5.82 Å². The van der Waals surface area contributed by atoms with Crippen LogP contribution in [-0.2, 0) is 12.8 Å². The smallest absolute Gasteiger partial charge is 0.123 e. The second-order valence-corrected chi connectivity index (χ2v) is 4.83. The summed E-state index contributed by atoms with van der Waals surface area (Å²) in [6, 6.07) is 6.60. The van der Waals surface area contributed by atoms with E-state index in [1.54, 1.807) is 11.3 Å². The van der Waals surface area contributed by atoms with E-state index < -0.39 is 0 Å². The van der Waals surface area contributed by atoms with Gasteiger partial charge in [0, 0.05) is 24.8 Å². The highest BCUT2D eigenvalue weighted by molar-refractivity contribution is 7.09. The molecule has 0 fully saturated rings. The first-order valence-corrected chi connectivity index (χ1v) is 6.48. The standard InChI is InChI=1S/C13H15FN2S/c1-15-7-6-12-9-17-13(16-12)8-10-2-4-11(14)5-3-10/h2-5,9,15H,6-8H2,1H3. The maximum atomic E-state index is 12.7. The van der Waals surface area contributed by atoms with Crippen molar-refractivity contribution in [2.75, 3.05) is 13.6 Å². The minimum Gasteiger partial charge on any atom is -0.319 e. The van der Waals surface area contributed by atoms with Gasteiger partial charge in [-0.3, -0.25) is 0 Å². The van der Waals surface area contributed by atoms with Crippen LogP contribution >= 0.6 is 11.3 Å². The predicted octanol–water partition coefficient (Wildman–Crippen LogP) is 2.63. The minimum absolute atomic E-state index is 0.192. The maximum absolute atomic E-state index is 12.7. The van der Waals surface area contributed by atoms with Crippen LogP contribution in [-0.4, -0.2) is 18.6 Å². The average molecular weight is 250 g/mol. The van der Waals surface area contributed by atoms with Gasteiger partial charge in [-0.05, 0) is 24.7 Å². The van der Waals surface area contributed by atoms with Crippen molar-refractivity contribution < 1.29 is 4.39 Å². The summed E-state index contributed by atoms with van der Waals surface area (Å²) in [4.78, 5) is 4.55. The molecule has 2 nitrogen and oxygen atoms in total. The summed E-state index contributed by atoms with van der Waals surface area (Å²) in [5, 5.41) is 6.28. The van der Waals surface area contributed by atoms with E-state index in [2.05, 4.69) is 15.7 Å². The van der Waals surface area contributed by atoms with Gasteiger partial charge in [0.2, 0.25) is 0 Å². The predicted molar refractivity (Wildman–Crippen MR) is 69.0 cm³/mol. The van der Waals surface area contributed by atoms with Crippen molar-refractivity contribution in [2.45, 2.75) is 12.8 Å². The van der Waals surface area contributed by atoms with E-state index in [0.29, 0.717) is 0 Å². The van der Waals surface area contributed by atoms with Crippen LogP contribution in [0, 0.1) is 5.82 Å². The summed E-state index contributed by atoms with van der Waals surface area (Å²) in [5.74, 6) is -0.192. The second kappa shape index (κ2) is 5.89. The average Bonchev–Trinajstić information content (AvgIpc) is 2.77. The fourth-order valence-electron chi connectivity index (χ4n) is 1.57. The van der Waals surface area contributed by atoms with Gasteiger partial charge in [-0.15, -0.1) is 11.3 Å². The number of hydrogen-bond acceptors (Lipinski definition) is 3. The third-order valence-corrected chi connectivity index (χ3v) is 3.40. The molecule has 0 amide bonds. The molecule has 1 aromatic carbocycles. The molecule has 0 saturated carbocycles. The van der Waals surface area contributed by atoms with Crippen molar-refractivity contribution in [3.8, 4) is 0 Å². The summed E-state index contributed by atoms with van der Waals surface area (Å²) >= 11 is 1.67. The summed E-state index contributed by atoms with van der Waals surface area (Å²) in [6.07, 6.45) is 1.74. The molecule has 0 aliphatic carbocycles. The maximum Gasteiger partial charge on any atom is 0.123 e. The Morgan fingerprint density at radius 2 is 2.06 bits per heavy atom. The molecule has 0 saturated heterocycles. The van der Waals surface area contributed by atoms with Crippen LogP contribution < -0.4 is 5.32 Å². The summed E-state index contributed by atoms with van der Waals surface area (Å²) in [7, 11) is 1.94. The zero-order valence-corrected chi connectivity index (χ0v) is 10.6. The van der Waals surface area contributed by atoms with Crippen molar-refractivity contribution in [1.29, 1.82) is 0 Å². The molecular weight excluding hydrogens is 235 g/mol. The van der Waals surface area contributed by atoms with Gasteiger partial charge < -0.3 is 5.32 Å². The Kier molecular flexibility index (Phi) is 4.23. The van der Waals surface area contributed by atoms with Crippen LogP contribution in [0.2, 0.25) is 0 Å². The van der Waals surface area contributed by atoms with Crippen LogP contribution in [0.15, 0.2) is 29.6 Å². The summed E-state index contributed by atoms with van der Waals surface area (Å²) < 4.78 is 12.7. The lowest BCUT2D eigenvalue weighted by atomic mass is 10.1. The molecule has 17 heavy (non-hydrogen) atoms. The Labute approximate surface area is 105 Å². The van der Waals surface area contributed by atoms with Crippen LogP contribution in [0.25, 0.3) is 0 Å². The third-order valence-electron chi connectivity index (χ3n) is 2.50. The number of hydrogen-bond donors (Lipinski definition) is 1. The monoisotopic (exact) mass is 250 g/mol. The van der Waals surface area contributed by atoms with E-state index in [0.717, 1.165) is 35.7 Å². The highest BCUT2D eigenvalue weighted by Gasteiger charge is 2.03. The molecule has 1 N–H and O–H groups in total. The van der Waals surface area contributed by atoms with Gasteiger partial charge in [-0.2, -0.15) is 0 Å². The topological polar surface area (TPSA) is 24.9 Å². The van der Waals surface area contributed by atoms with Gasteiger partial charge in [0.15, 0.2) is 0 Å². The molecule has 0 aliphatic heterocycles.